The fourth-order valence-corrected chi connectivity index (χ4v) is 4.44. The van der Waals surface area contributed by atoms with E-state index in [0.717, 1.165) is 28.2 Å². The van der Waals surface area contributed by atoms with Gasteiger partial charge in [-0.05, 0) is 56.0 Å². The van der Waals surface area contributed by atoms with E-state index < -0.39 is 0 Å². The average molecular weight is 462 g/mol. The number of aryl methyl sites for hydroxylation is 3. The first-order valence-electron chi connectivity index (χ1n) is 11.0. The molecular formula is C25H27N5O2S. The van der Waals surface area contributed by atoms with Crippen LogP contribution >= 0.6 is 11.3 Å². The molecule has 170 valence electrons. The Morgan fingerprint density at radius 3 is 2.76 bits per heavy atom. The summed E-state index contributed by atoms with van der Waals surface area (Å²) < 4.78 is 0. The summed E-state index contributed by atoms with van der Waals surface area (Å²) in [5, 5.41) is 16.3. The fourth-order valence-electron chi connectivity index (χ4n) is 3.66. The van der Waals surface area contributed by atoms with Crippen LogP contribution in [0.25, 0.3) is 10.9 Å². The summed E-state index contributed by atoms with van der Waals surface area (Å²) in [7, 11) is 0. The summed E-state index contributed by atoms with van der Waals surface area (Å²) in [5.41, 5.74) is 5.30. The molecule has 0 aliphatic carbocycles. The van der Waals surface area contributed by atoms with Crippen molar-refractivity contribution in [1.82, 2.24) is 20.5 Å². The zero-order chi connectivity index (χ0) is 23.2. The Balaban J connectivity index is 1.19. The zero-order valence-corrected chi connectivity index (χ0v) is 19.6. The molecule has 0 fully saturated rings. The molecule has 7 nitrogen and oxygen atoms in total. The number of para-hydroxylation sites is 1. The largest absolute Gasteiger partial charge is 0.361 e. The number of hydrogen-bond donors (Lipinski definition) is 3. The van der Waals surface area contributed by atoms with Crippen LogP contribution in [0.1, 0.15) is 44.3 Å². The standard InChI is InChI=1S/C25H27N5O2S/c1-16-10-11-21-19(14-16)18(15-27-21)12-13-26-22(31)8-5-9-23-29-30-25(33-23)24(32)28-20-7-4-3-6-17(20)2/h3-4,6-7,10-11,14-15,27H,5,8-9,12-13H2,1-2H3,(H,26,31)(H,28,32). The molecule has 2 heterocycles. The van der Waals surface area contributed by atoms with E-state index in [1.54, 1.807) is 0 Å². The molecule has 0 saturated heterocycles. The van der Waals surface area contributed by atoms with Crippen molar-refractivity contribution >= 4 is 39.7 Å². The minimum atomic E-state index is -0.265. The summed E-state index contributed by atoms with van der Waals surface area (Å²) in [6, 6.07) is 13.9. The highest BCUT2D eigenvalue weighted by Crippen LogP contribution is 2.20. The molecule has 0 spiro atoms. The minimum Gasteiger partial charge on any atom is -0.361 e. The molecule has 0 radical (unpaired) electrons. The van der Waals surface area contributed by atoms with Crippen LogP contribution in [-0.4, -0.2) is 33.5 Å². The van der Waals surface area contributed by atoms with Gasteiger partial charge in [0, 0.05) is 42.2 Å². The van der Waals surface area contributed by atoms with Gasteiger partial charge in [0.1, 0.15) is 5.01 Å². The second-order valence-corrected chi connectivity index (χ2v) is 9.15. The molecule has 0 atom stereocenters. The molecule has 2 aromatic carbocycles. The van der Waals surface area contributed by atoms with Gasteiger partial charge in [0.25, 0.3) is 5.91 Å². The van der Waals surface area contributed by atoms with Crippen LogP contribution in [0.3, 0.4) is 0 Å². The van der Waals surface area contributed by atoms with Crippen molar-refractivity contribution in [2.75, 3.05) is 11.9 Å². The number of nitrogens with one attached hydrogen (secondary N) is 3. The Hall–Kier alpha value is -3.52. The first-order chi connectivity index (χ1) is 16.0. The summed E-state index contributed by atoms with van der Waals surface area (Å²) in [4.78, 5) is 27.9. The highest BCUT2D eigenvalue weighted by Gasteiger charge is 2.14. The third kappa shape index (κ3) is 5.84. The number of amides is 2. The number of nitrogens with zero attached hydrogens (tertiary/aromatic N) is 2. The van der Waals surface area contributed by atoms with Crippen molar-refractivity contribution in [3.8, 4) is 0 Å². The Kier molecular flexibility index (Phi) is 7.14. The summed E-state index contributed by atoms with van der Waals surface area (Å²) >= 11 is 1.27. The number of carbonyl (C=O) groups excluding carboxylic acids is 2. The zero-order valence-electron chi connectivity index (χ0n) is 18.8. The van der Waals surface area contributed by atoms with Gasteiger partial charge in [-0.15, -0.1) is 10.2 Å². The van der Waals surface area contributed by atoms with Crippen LogP contribution in [0.2, 0.25) is 0 Å². The van der Waals surface area contributed by atoms with Crippen molar-refractivity contribution in [2.24, 2.45) is 0 Å². The maximum absolute atomic E-state index is 12.4. The van der Waals surface area contributed by atoms with Crippen LogP contribution in [-0.2, 0) is 17.6 Å². The molecule has 33 heavy (non-hydrogen) atoms. The summed E-state index contributed by atoms with van der Waals surface area (Å²) in [6.07, 6.45) is 4.48. The van der Waals surface area contributed by atoms with Gasteiger partial charge < -0.3 is 15.6 Å². The fraction of sp³-hybridized carbons (Fsp3) is 0.280. The number of aromatic amines is 1. The smallest absolute Gasteiger partial charge is 0.286 e. The van der Waals surface area contributed by atoms with E-state index in [2.05, 4.69) is 50.9 Å². The normalized spacial score (nSPS) is 11.0. The first kappa shape index (κ1) is 22.7. The minimum absolute atomic E-state index is 0.0213. The summed E-state index contributed by atoms with van der Waals surface area (Å²) in [5.74, 6) is -0.244. The molecule has 0 saturated carbocycles. The van der Waals surface area contributed by atoms with Crippen LogP contribution < -0.4 is 10.6 Å². The second kappa shape index (κ2) is 10.4. The predicted molar refractivity (Wildman–Crippen MR) is 132 cm³/mol. The highest BCUT2D eigenvalue weighted by molar-refractivity contribution is 7.13. The lowest BCUT2D eigenvalue weighted by atomic mass is 10.1. The summed E-state index contributed by atoms with van der Waals surface area (Å²) in [6.45, 7) is 4.62. The van der Waals surface area contributed by atoms with Gasteiger partial charge >= 0.3 is 0 Å². The van der Waals surface area contributed by atoms with Gasteiger partial charge in [-0.25, -0.2) is 0 Å². The van der Waals surface area contributed by atoms with Gasteiger partial charge in [0.2, 0.25) is 10.9 Å². The van der Waals surface area contributed by atoms with Gasteiger partial charge in [-0.1, -0.05) is 41.2 Å². The van der Waals surface area contributed by atoms with Crippen molar-refractivity contribution in [3.05, 3.63) is 75.4 Å². The molecular weight excluding hydrogens is 434 g/mol. The van der Waals surface area contributed by atoms with E-state index in [9.17, 15) is 9.59 Å². The molecule has 0 bridgehead atoms. The van der Waals surface area contributed by atoms with Crippen LogP contribution in [0, 0.1) is 13.8 Å². The third-order valence-corrected chi connectivity index (χ3v) is 6.47. The first-order valence-corrected chi connectivity index (χ1v) is 11.8. The molecule has 3 N–H and O–H groups in total. The number of H-pyrrole nitrogens is 1. The highest BCUT2D eigenvalue weighted by atomic mass is 32.1. The molecule has 0 aliphatic rings. The van der Waals surface area contributed by atoms with Gasteiger partial charge in [-0.2, -0.15) is 0 Å². The molecule has 4 aromatic rings. The number of anilines is 1. The van der Waals surface area contributed by atoms with E-state index in [1.165, 1.54) is 27.8 Å². The van der Waals surface area contributed by atoms with Crippen molar-refractivity contribution in [3.63, 3.8) is 0 Å². The topological polar surface area (TPSA) is 99.8 Å². The maximum Gasteiger partial charge on any atom is 0.286 e. The van der Waals surface area contributed by atoms with Crippen LogP contribution in [0.4, 0.5) is 5.69 Å². The predicted octanol–water partition coefficient (Wildman–Crippen LogP) is 4.57. The van der Waals surface area contributed by atoms with Gasteiger partial charge in [0.05, 0.1) is 0 Å². The quantitative estimate of drug-likeness (QED) is 0.340. The number of carbonyl (C=O) groups is 2. The molecule has 2 amide bonds. The van der Waals surface area contributed by atoms with Gasteiger partial charge in [-0.3, -0.25) is 9.59 Å². The Morgan fingerprint density at radius 1 is 1.06 bits per heavy atom. The van der Waals surface area contributed by atoms with E-state index in [4.69, 9.17) is 0 Å². The van der Waals surface area contributed by atoms with E-state index in [-0.39, 0.29) is 11.8 Å². The van der Waals surface area contributed by atoms with E-state index in [0.29, 0.717) is 30.8 Å². The Morgan fingerprint density at radius 2 is 1.91 bits per heavy atom. The molecule has 2 aromatic heterocycles. The lowest BCUT2D eigenvalue weighted by molar-refractivity contribution is -0.121. The van der Waals surface area contributed by atoms with Gasteiger partial charge in [0.15, 0.2) is 0 Å². The number of rotatable bonds is 9. The lowest BCUT2D eigenvalue weighted by Crippen LogP contribution is -2.25. The lowest BCUT2D eigenvalue weighted by Gasteiger charge is -2.05. The average Bonchev–Trinajstić information content (AvgIpc) is 3.43. The van der Waals surface area contributed by atoms with E-state index >= 15 is 0 Å². The molecule has 0 aliphatic heterocycles. The Bertz CT molecular complexity index is 1280. The van der Waals surface area contributed by atoms with Crippen LogP contribution in [0.5, 0.6) is 0 Å². The van der Waals surface area contributed by atoms with Crippen molar-refractivity contribution in [1.29, 1.82) is 0 Å². The number of fused-ring (bicyclic) bond motifs is 1. The SMILES string of the molecule is Cc1ccc2[nH]cc(CCNC(=O)CCCc3nnc(C(=O)Nc4ccccc4C)s3)c2c1. The molecule has 8 heteroatoms. The molecule has 4 rings (SSSR count). The maximum atomic E-state index is 12.4. The van der Waals surface area contributed by atoms with Crippen molar-refractivity contribution < 1.29 is 9.59 Å². The van der Waals surface area contributed by atoms with Crippen LogP contribution in [0.15, 0.2) is 48.7 Å². The van der Waals surface area contributed by atoms with E-state index in [1.807, 2.05) is 37.4 Å². The number of aromatic nitrogens is 3. The number of hydrogen-bond acceptors (Lipinski definition) is 5. The molecule has 0 unspecified atom stereocenters. The Labute approximate surface area is 196 Å². The van der Waals surface area contributed by atoms with Crippen molar-refractivity contribution in [2.45, 2.75) is 39.5 Å². The monoisotopic (exact) mass is 461 g/mol. The third-order valence-electron chi connectivity index (χ3n) is 5.49. The number of benzene rings is 2. The second-order valence-electron chi connectivity index (χ2n) is 8.09.